The summed E-state index contributed by atoms with van der Waals surface area (Å²) in [6.45, 7) is 6.59. The fourth-order valence-corrected chi connectivity index (χ4v) is 3.09. The summed E-state index contributed by atoms with van der Waals surface area (Å²) in [5.74, 6) is 1.32. The van der Waals surface area contributed by atoms with Crippen LogP contribution in [0.5, 0.6) is 11.5 Å². The van der Waals surface area contributed by atoms with Crippen LogP contribution < -0.4 is 15.0 Å². The lowest BCUT2D eigenvalue weighted by molar-refractivity contribution is -0.145. The van der Waals surface area contributed by atoms with Crippen molar-refractivity contribution in [3.05, 3.63) is 64.7 Å². The van der Waals surface area contributed by atoms with Gasteiger partial charge in [0.05, 0.1) is 17.4 Å². The minimum Gasteiger partial charge on any atom is -0.492 e. The minimum absolute atomic E-state index is 0.0632. The zero-order chi connectivity index (χ0) is 21.5. The van der Waals surface area contributed by atoms with E-state index in [9.17, 15) is 9.59 Å². The number of rotatable bonds is 9. The van der Waals surface area contributed by atoms with Gasteiger partial charge < -0.3 is 14.2 Å². The maximum absolute atomic E-state index is 12.8. The largest absolute Gasteiger partial charge is 0.492 e. The van der Waals surface area contributed by atoms with Gasteiger partial charge in [0.25, 0.3) is 5.56 Å². The summed E-state index contributed by atoms with van der Waals surface area (Å²) in [7, 11) is 0. The predicted octanol–water partition coefficient (Wildman–Crippen LogP) is 3.37. The maximum atomic E-state index is 12.8. The summed E-state index contributed by atoms with van der Waals surface area (Å²) in [6, 6.07) is 14.1. The van der Waals surface area contributed by atoms with Gasteiger partial charge in [0.1, 0.15) is 23.9 Å². The highest BCUT2D eigenvalue weighted by Gasteiger charge is 2.15. The molecule has 1 unspecified atom stereocenters. The number of carbonyl (C=O) groups is 1. The smallest absolute Gasteiger partial charge is 0.340 e. The van der Waals surface area contributed by atoms with Crippen LogP contribution in [0.15, 0.2) is 53.3 Å². The van der Waals surface area contributed by atoms with Crippen molar-refractivity contribution in [3.8, 4) is 11.5 Å². The van der Waals surface area contributed by atoms with Gasteiger partial charge in [-0.05, 0) is 50.2 Å². The van der Waals surface area contributed by atoms with Crippen LogP contribution in [-0.4, -0.2) is 34.8 Å². The van der Waals surface area contributed by atoms with Crippen molar-refractivity contribution >= 4 is 16.9 Å². The number of aromatic nitrogens is 2. The standard InChI is InChI=1S/C23H26N2O5/c1-4-21-24-20-9-7-6-8-19(20)22(26)25(21)14-15-29-17-10-12-18(13-11-17)30-23(27)16(3)28-5-2/h6-13,16H,4-5,14-15H2,1-3H3. The molecule has 0 aliphatic rings. The average molecular weight is 410 g/mol. The van der Waals surface area contributed by atoms with Crippen LogP contribution in [0, 0.1) is 0 Å². The lowest BCUT2D eigenvalue weighted by Gasteiger charge is -2.14. The second kappa shape index (κ2) is 10.0. The van der Waals surface area contributed by atoms with E-state index in [1.165, 1.54) is 0 Å². The Morgan fingerprint density at radius 3 is 2.47 bits per heavy atom. The first-order chi connectivity index (χ1) is 14.5. The number of hydrogen-bond donors (Lipinski definition) is 0. The Balaban J connectivity index is 1.62. The van der Waals surface area contributed by atoms with Crippen molar-refractivity contribution in [2.75, 3.05) is 13.2 Å². The van der Waals surface area contributed by atoms with E-state index >= 15 is 0 Å². The third kappa shape index (κ3) is 5.04. The Hall–Kier alpha value is -3.19. The molecule has 1 heterocycles. The highest BCUT2D eigenvalue weighted by Crippen LogP contribution is 2.18. The monoisotopic (exact) mass is 410 g/mol. The van der Waals surface area contributed by atoms with Gasteiger partial charge in [0.15, 0.2) is 6.10 Å². The molecule has 7 heteroatoms. The Morgan fingerprint density at radius 2 is 1.77 bits per heavy atom. The Bertz CT molecular complexity index is 1060. The van der Waals surface area contributed by atoms with Gasteiger partial charge in [-0.3, -0.25) is 9.36 Å². The van der Waals surface area contributed by atoms with Crippen molar-refractivity contribution < 1.29 is 19.0 Å². The number of hydrogen-bond acceptors (Lipinski definition) is 6. The normalized spacial score (nSPS) is 12.0. The van der Waals surface area contributed by atoms with Crippen LogP contribution in [0.4, 0.5) is 0 Å². The summed E-state index contributed by atoms with van der Waals surface area (Å²) in [4.78, 5) is 29.3. The molecule has 0 saturated carbocycles. The predicted molar refractivity (Wildman–Crippen MR) is 114 cm³/mol. The fraction of sp³-hybridized carbons (Fsp3) is 0.348. The molecule has 1 aromatic heterocycles. The first kappa shape index (κ1) is 21.5. The van der Waals surface area contributed by atoms with Gasteiger partial charge >= 0.3 is 5.97 Å². The van der Waals surface area contributed by atoms with Crippen LogP contribution in [0.2, 0.25) is 0 Å². The molecule has 3 aromatic rings. The van der Waals surface area contributed by atoms with Crippen LogP contribution >= 0.6 is 0 Å². The molecule has 0 spiro atoms. The minimum atomic E-state index is -0.618. The lowest BCUT2D eigenvalue weighted by Crippen LogP contribution is -2.27. The first-order valence-corrected chi connectivity index (χ1v) is 10.1. The molecule has 0 saturated heterocycles. The highest BCUT2D eigenvalue weighted by atomic mass is 16.6. The van der Waals surface area contributed by atoms with E-state index in [0.29, 0.717) is 48.6 Å². The summed E-state index contributed by atoms with van der Waals surface area (Å²) in [6.07, 6.45) is 0.0351. The number of para-hydroxylation sites is 1. The van der Waals surface area contributed by atoms with Crippen molar-refractivity contribution in [3.63, 3.8) is 0 Å². The number of benzene rings is 2. The Morgan fingerprint density at radius 1 is 1.07 bits per heavy atom. The molecule has 7 nitrogen and oxygen atoms in total. The maximum Gasteiger partial charge on any atom is 0.340 e. The SMILES string of the molecule is CCOC(C)C(=O)Oc1ccc(OCCn2c(CC)nc3ccccc3c2=O)cc1. The van der Waals surface area contributed by atoms with Crippen molar-refractivity contribution in [2.24, 2.45) is 0 Å². The van der Waals surface area contributed by atoms with Crippen LogP contribution in [0.3, 0.4) is 0 Å². The molecule has 0 bridgehead atoms. The van der Waals surface area contributed by atoms with E-state index < -0.39 is 12.1 Å². The molecular weight excluding hydrogens is 384 g/mol. The van der Waals surface area contributed by atoms with E-state index in [-0.39, 0.29) is 5.56 Å². The molecule has 158 valence electrons. The summed E-state index contributed by atoms with van der Waals surface area (Å²) in [5.41, 5.74) is 0.645. The Labute approximate surface area is 175 Å². The quantitative estimate of drug-likeness (QED) is 0.398. The van der Waals surface area contributed by atoms with Crippen LogP contribution in [0.25, 0.3) is 10.9 Å². The molecule has 2 aromatic carbocycles. The topological polar surface area (TPSA) is 79.7 Å². The Kier molecular flexibility index (Phi) is 7.19. The molecule has 0 aliphatic carbocycles. The van der Waals surface area contributed by atoms with E-state index in [2.05, 4.69) is 4.98 Å². The van der Waals surface area contributed by atoms with Crippen LogP contribution in [-0.2, 0) is 22.5 Å². The molecule has 3 rings (SSSR count). The third-order valence-corrected chi connectivity index (χ3v) is 4.63. The molecule has 0 amide bonds. The number of ether oxygens (including phenoxy) is 3. The van der Waals surface area contributed by atoms with Crippen molar-refractivity contribution in [2.45, 2.75) is 39.8 Å². The zero-order valence-electron chi connectivity index (χ0n) is 17.5. The molecule has 0 aliphatic heterocycles. The molecule has 30 heavy (non-hydrogen) atoms. The van der Waals surface area contributed by atoms with Gasteiger partial charge in [-0.1, -0.05) is 19.1 Å². The van der Waals surface area contributed by atoms with Crippen molar-refractivity contribution in [1.82, 2.24) is 9.55 Å². The molecule has 0 fully saturated rings. The van der Waals surface area contributed by atoms with E-state index in [1.54, 1.807) is 41.8 Å². The van der Waals surface area contributed by atoms with Gasteiger partial charge in [-0.25, -0.2) is 9.78 Å². The zero-order valence-corrected chi connectivity index (χ0v) is 17.5. The number of aryl methyl sites for hydroxylation is 1. The molecule has 0 N–H and O–H groups in total. The first-order valence-electron chi connectivity index (χ1n) is 10.1. The van der Waals surface area contributed by atoms with Gasteiger partial charge in [0.2, 0.25) is 0 Å². The molecule has 1 atom stereocenters. The lowest BCUT2D eigenvalue weighted by atomic mass is 10.2. The number of carbonyl (C=O) groups excluding carboxylic acids is 1. The van der Waals surface area contributed by atoms with Crippen molar-refractivity contribution in [1.29, 1.82) is 0 Å². The highest BCUT2D eigenvalue weighted by molar-refractivity contribution is 5.77. The number of fused-ring (bicyclic) bond motifs is 1. The summed E-state index contributed by atoms with van der Waals surface area (Å²) in [5, 5.41) is 0.599. The van der Waals surface area contributed by atoms with Crippen LogP contribution in [0.1, 0.15) is 26.6 Å². The van der Waals surface area contributed by atoms with Gasteiger partial charge in [-0.2, -0.15) is 0 Å². The van der Waals surface area contributed by atoms with E-state index in [1.807, 2.05) is 32.0 Å². The third-order valence-electron chi connectivity index (χ3n) is 4.63. The van der Waals surface area contributed by atoms with E-state index in [4.69, 9.17) is 14.2 Å². The number of nitrogens with zero attached hydrogens (tertiary/aromatic N) is 2. The molecule has 0 radical (unpaired) electrons. The summed E-state index contributed by atoms with van der Waals surface area (Å²) < 4.78 is 17.9. The summed E-state index contributed by atoms with van der Waals surface area (Å²) >= 11 is 0. The van der Waals surface area contributed by atoms with Gasteiger partial charge in [0, 0.05) is 13.0 Å². The average Bonchev–Trinajstić information content (AvgIpc) is 2.76. The number of esters is 1. The van der Waals surface area contributed by atoms with E-state index in [0.717, 1.165) is 5.82 Å². The molecular formula is C23H26N2O5. The van der Waals surface area contributed by atoms with Gasteiger partial charge in [-0.15, -0.1) is 0 Å². The second-order valence-electron chi connectivity index (χ2n) is 6.69. The second-order valence-corrected chi connectivity index (χ2v) is 6.69. The fourth-order valence-electron chi connectivity index (χ4n) is 3.09.